The molecule has 0 bridgehead atoms. The average molecular weight is 298 g/mol. The molecule has 0 aliphatic carbocycles. The van der Waals surface area contributed by atoms with Crippen molar-refractivity contribution in [3.8, 4) is 0 Å². The highest BCUT2D eigenvalue weighted by Gasteiger charge is 2.15. The van der Waals surface area contributed by atoms with Crippen molar-refractivity contribution in [2.24, 2.45) is 0 Å². The van der Waals surface area contributed by atoms with Gasteiger partial charge in [-0.2, -0.15) is 0 Å². The molecule has 1 amide bonds. The Morgan fingerprint density at radius 3 is 3.11 bits per heavy atom. The molecule has 1 aromatic carbocycles. The number of carbonyl (C=O) groups is 1. The topological polar surface area (TPSA) is 57.8 Å². The molecule has 19 heavy (non-hydrogen) atoms. The van der Waals surface area contributed by atoms with E-state index in [2.05, 4.69) is 15.3 Å². The minimum absolute atomic E-state index is 0.0327. The molecule has 0 fully saturated rings. The van der Waals surface area contributed by atoms with E-state index in [0.29, 0.717) is 11.6 Å². The molecule has 2 rings (SSSR count). The van der Waals surface area contributed by atoms with Crippen LogP contribution in [-0.2, 0) is 4.79 Å². The van der Waals surface area contributed by atoms with E-state index in [-0.39, 0.29) is 11.2 Å². The Morgan fingerprint density at radius 2 is 2.37 bits per heavy atom. The molecule has 1 atom stereocenters. The molecule has 0 aliphatic rings. The second kappa shape index (κ2) is 6.30. The van der Waals surface area contributed by atoms with Crippen molar-refractivity contribution < 1.29 is 4.79 Å². The number of rotatable bonds is 5. The Morgan fingerprint density at radius 1 is 1.58 bits per heavy atom. The number of hydrogen-bond donors (Lipinski definition) is 2. The van der Waals surface area contributed by atoms with Crippen LogP contribution in [-0.4, -0.2) is 27.7 Å². The van der Waals surface area contributed by atoms with E-state index in [1.54, 1.807) is 6.07 Å². The Labute approximate surface area is 121 Å². The molecule has 1 heterocycles. The summed E-state index contributed by atoms with van der Waals surface area (Å²) in [6.45, 7) is 4.61. The van der Waals surface area contributed by atoms with Crippen molar-refractivity contribution in [2.45, 2.75) is 30.7 Å². The third-order valence-electron chi connectivity index (χ3n) is 2.63. The summed E-state index contributed by atoms with van der Waals surface area (Å²) in [7, 11) is 0. The molecule has 1 unspecified atom stereocenters. The van der Waals surface area contributed by atoms with Crippen LogP contribution in [0.25, 0.3) is 11.0 Å². The molecule has 2 N–H and O–H groups in total. The lowest BCUT2D eigenvalue weighted by atomic mass is 10.3. The zero-order valence-corrected chi connectivity index (χ0v) is 12.4. The number of halogens is 1. The van der Waals surface area contributed by atoms with Gasteiger partial charge < -0.3 is 10.3 Å². The van der Waals surface area contributed by atoms with Crippen LogP contribution in [0.5, 0.6) is 0 Å². The number of imidazole rings is 1. The van der Waals surface area contributed by atoms with Gasteiger partial charge in [0.15, 0.2) is 5.16 Å². The summed E-state index contributed by atoms with van der Waals surface area (Å²) in [5.41, 5.74) is 1.74. The number of thioether (sulfide) groups is 1. The lowest BCUT2D eigenvalue weighted by Crippen LogP contribution is -2.31. The number of amides is 1. The van der Waals surface area contributed by atoms with Gasteiger partial charge in [0.1, 0.15) is 0 Å². The molecule has 2 aromatic rings. The van der Waals surface area contributed by atoms with Crippen molar-refractivity contribution in [3.05, 3.63) is 23.2 Å². The van der Waals surface area contributed by atoms with Crippen LogP contribution < -0.4 is 5.32 Å². The number of nitrogens with zero attached hydrogens (tertiary/aromatic N) is 1. The quantitative estimate of drug-likeness (QED) is 0.833. The van der Waals surface area contributed by atoms with Crippen LogP contribution in [0.2, 0.25) is 5.02 Å². The van der Waals surface area contributed by atoms with Crippen molar-refractivity contribution in [1.82, 2.24) is 15.3 Å². The third-order valence-corrected chi connectivity index (χ3v) is 3.85. The zero-order valence-electron chi connectivity index (χ0n) is 10.9. The van der Waals surface area contributed by atoms with Gasteiger partial charge in [-0.05, 0) is 31.5 Å². The molecular formula is C13H16ClN3OS. The highest BCUT2D eigenvalue weighted by Crippen LogP contribution is 2.25. The van der Waals surface area contributed by atoms with Crippen LogP contribution in [0, 0.1) is 0 Å². The summed E-state index contributed by atoms with van der Waals surface area (Å²) in [6.07, 6.45) is 0.937. The highest BCUT2D eigenvalue weighted by molar-refractivity contribution is 8.00. The van der Waals surface area contributed by atoms with Crippen LogP contribution >= 0.6 is 23.4 Å². The molecule has 6 heteroatoms. The number of H-pyrrole nitrogens is 1. The first-order valence-corrected chi connectivity index (χ1v) is 7.45. The molecule has 1 aromatic heterocycles. The van der Waals surface area contributed by atoms with E-state index in [1.807, 2.05) is 26.0 Å². The van der Waals surface area contributed by atoms with E-state index < -0.39 is 0 Å². The Hall–Kier alpha value is -1.20. The third kappa shape index (κ3) is 3.64. The predicted molar refractivity (Wildman–Crippen MR) is 79.7 cm³/mol. The molecule has 0 saturated heterocycles. The van der Waals surface area contributed by atoms with E-state index in [1.165, 1.54) is 11.8 Å². The van der Waals surface area contributed by atoms with E-state index in [4.69, 9.17) is 11.6 Å². The van der Waals surface area contributed by atoms with E-state index in [9.17, 15) is 4.79 Å². The number of benzene rings is 1. The average Bonchev–Trinajstić information content (AvgIpc) is 2.77. The summed E-state index contributed by atoms with van der Waals surface area (Å²) in [5.74, 6) is 0.0327. The summed E-state index contributed by atoms with van der Waals surface area (Å²) in [5, 5.41) is 4.10. The monoisotopic (exact) mass is 297 g/mol. The van der Waals surface area contributed by atoms with E-state index >= 15 is 0 Å². The van der Waals surface area contributed by atoms with Gasteiger partial charge in [-0.1, -0.05) is 30.3 Å². The second-order valence-corrected chi connectivity index (χ2v) is 6.02. The smallest absolute Gasteiger partial charge is 0.233 e. The molecule has 102 valence electrons. The molecule has 0 aliphatic heterocycles. The maximum Gasteiger partial charge on any atom is 0.233 e. The largest absolute Gasteiger partial charge is 0.355 e. The SMILES string of the molecule is CCCNC(=O)C(C)Sc1nc2ccc(Cl)cc2[nH]1. The lowest BCUT2D eigenvalue weighted by Gasteiger charge is -2.09. The van der Waals surface area contributed by atoms with Crippen molar-refractivity contribution >= 4 is 40.3 Å². The number of aromatic amines is 1. The fourth-order valence-electron chi connectivity index (χ4n) is 1.63. The summed E-state index contributed by atoms with van der Waals surface area (Å²) in [6, 6.07) is 5.49. The fourth-order valence-corrected chi connectivity index (χ4v) is 2.64. The van der Waals surface area contributed by atoms with Crippen LogP contribution in [0.4, 0.5) is 0 Å². The Bertz CT molecular complexity index is 584. The van der Waals surface area contributed by atoms with Gasteiger partial charge in [0.05, 0.1) is 16.3 Å². The first-order chi connectivity index (χ1) is 9.10. The maximum absolute atomic E-state index is 11.8. The normalized spacial score (nSPS) is 12.6. The van der Waals surface area contributed by atoms with Gasteiger partial charge in [0.2, 0.25) is 5.91 Å². The zero-order chi connectivity index (χ0) is 13.8. The highest BCUT2D eigenvalue weighted by atomic mass is 35.5. The summed E-state index contributed by atoms with van der Waals surface area (Å²) in [4.78, 5) is 19.4. The maximum atomic E-state index is 11.8. The standard InChI is InChI=1S/C13H16ClN3OS/c1-3-6-15-12(18)8(2)19-13-16-10-5-4-9(14)7-11(10)17-13/h4-5,7-8H,3,6H2,1-2H3,(H,15,18)(H,16,17). The van der Waals surface area contributed by atoms with Gasteiger partial charge >= 0.3 is 0 Å². The Kier molecular flexibility index (Phi) is 4.71. The van der Waals surface area contributed by atoms with Crippen molar-refractivity contribution in [3.63, 3.8) is 0 Å². The lowest BCUT2D eigenvalue weighted by molar-refractivity contribution is -0.120. The number of aromatic nitrogens is 2. The van der Waals surface area contributed by atoms with Crippen LogP contribution in [0.3, 0.4) is 0 Å². The molecule has 4 nitrogen and oxygen atoms in total. The summed E-state index contributed by atoms with van der Waals surface area (Å²) >= 11 is 7.33. The van der Waals surface area contributed by atoms with Gasteiger partial charge in [0.25, 0.3) is 0 Å². The molecular weight excluding hydrogens is 282 g/mol. The summed E-state index contributed by atoms with van der Waals surface area (Å²) < 4.78 is 0. The molecule has 0 radical (unpaired) electrons. The van der Waals surface area contributed by atoms with Gasteiger partial charge in [-0.25, -0.2) is 4.98 Å². The van der Waals surface area contributed by atoms with Gasteiger partial charge in [0, 0.05) is 11.6 Å². The minimum atomic E-state index is -0.178. The first kappa shape index (κ1) is 14.2. The minimum Gasteiger partial charge on any atom is -0.355 e. The molecule has 0 saturated carbocycles. The predicted octanol–water partition coefficient (Wildman–Crippen LogP) is 3.22. The van der Waals surface area contributed by atoms with Crippen molar-refractivity contribution in [2.75, 3.05) is 6.54 Å². The van der Waals surface area contributed by atoms with Crippen LogP contribution in [0.15, 0.2) is 23.4 Å². The van der Waals surface area contributed by atoms with Crippen molar-refractivity contribution in [1.29, 1.82) is 0 Å². The number of nitrogens with one attached hydrogen (secondary N) is 2. The van der Waals surface area contributed by atoms with Gasteiger partial charge in [-0.15, -0.1) is 0 Å². The Balaban J connectivity index is 2.06. The number of hydrogen-bond acceptors (Lipinski definition) is 3. The number of fused-ring (bicyclic) bond motifs is 1. The first-order valence-electron chi connectivity index (χ1n) is 6.19. The second-order valence-electron chi connectivity index (χ2n) is 4.25. The van der Waals surface area contributed by atoms with E-state index in [0.717, 1.165) is 22.6 Å². The molecule has 0 spiro atoms. The van der Waals surface area contributed by atoms with Gasteiger partial charge in [-0.3, -0.25) is 4.79 Å². The fraction of sp³-hybridized carbons (Fsp3) is 0.385. The number of carbonyl (C=O) groups excluding carboxylic acids is 1. The van der Waals surface area contributed by atoms with Crippen LogP contribution in [0.1, 0.15) is 20.3 Å².